The molecule has 0 saturated carbocycles. The highest BCUT2D eigenvalue weighted by molar-refractivity contribution is 7.13. The van der Waals surface area contributed by atoms with Crippen molar-refractivity contribution in [2.75, 3.05) is 49.5 Å². The number of rotatable bonds is 9. The van der Waals surface area contributed by atoms with Gasteiger partial charge in [-0.25, -0.2) is 4.98 Å². The van der Waals surface area contributed by atoms with Crippen molar-refractivity contribution >= 4 is 63.1 Å². The molecule has 0 atom stereocenters. The normalized spacial score (nSPS) is 13.5. The number of nitrogens with one attached hydrogen (secondary N) is 1. The van der Waals surface area contributed by atoms with Crippen LogP contribution in [0.1, 0.15) is 29.9 Å². The molecule has 0 spiro atoms. The molecule has 1 aromatic heterocycles. The Morgan fingerprint density at radius 2 is 1.72 bits per heavy atom. The summed E-state index contributed by atoms with van der Waals surface area (Å²) < 4.78 is 0. The topological polar surface area (TPSA) is 85.8 Å². The summed E-state index contributed by atoms with van der Waals surface area (Å²) >= 11 is 13.5. The number of nitrogens with zero attached hydrogens (tertiary/aromatic N) is 4. The fourth-order valence-electron chi connectivity index (χ4n) is 4.38. The number of hydrogen-bond donors (Lipinski definition) is 1. The minimum atomic E-state index is -0.346. The van der Waals surface area contributed by atoms with E-state index < -0.39 is 0 Å². The number of carbonyl (C=O) groups excluding carboxylic acids is 3. The number of aromatic nitrogens is 1. The van der Waals surface area contributed by atoms with Crippen LogP contribution in [0.3, 0.4) is 0 Å². The van der Waals surface area contributed by atoms with E-state index in [2.05, 4.69) is 15.2 Å². The Morgan fingerprint density at radius 1 is 1.03 bits per heavy atom. The highest BCUT2D eigenvalue weighted by Crippen LogP contribution is 2.26. The van der Waals surface area contributed by atoms with Crippen LogP contribution in [0.15, 0.2) is 53.9 Å². The third kappa shape index (κ3) is 7.94. The first-order chi connectivity index (χ1) is 18.7. The molecule has 1 aliphatic heterocycles. The molecule has 0 aliphatic carbocycles. The van der Waals surface area contributed by atoms with E-state index in [0.29, 0.717) is 59.2 Å². The Kier molecular flexibility index (Phi) is 9.83. The second kappa shape index (κ2) is 13.3. The Morgan fingerprint density at radius 3 is 2.38 bits per heavy atom. The molecule has 0 unspecified atom stereocenters. The van der Waals surface area contributed by atoms with Crippen molar-refractivity contribution in [3.63, 3.8) is 0 Å². The van der Waals surface area contributed by atoms with E-state index in [-0.39, 0.29) is 36.6 Å². The van der Waals surface area contributed by atoms with Crippen LogP contribution in [0.2, 0.25) is 10.0 Å². The average molecular weight is 589 g/mol. The molecule has 206 valence electrons. The van der Waals surface area contributed by atoms with E-state index in [1.807, 2.05) is 43.0 Å². The summed E-state index contributed by atoms with van der Waals surface area (Å²) in [6.45, 7) is 6.91. The zero-order valence-electron chi connectivity index (χ0n) is 21.9. The van der Waals surface area contributed by atoms with Crippen LogP contribution in [0, 0.1) is 5.92 Å². The first-order valence-electron chi connectivity index (χ1n) is 12.8. The molecule has 3 amide bonds. The van der Waals surface area contributed by atoms with Gasteiger partial charge in [0, 0.05) is 48.7 Å². The summed E-state index contributed by atoms with van der Waals surface area (Å²) in [6.07, 6.45) is 0.160. The smallest absolute Gasteiger partial charge is 0.254 e. The number of halogens is 2. The van der Waals surface area contributed by atoms with Crippen LogP contribution in [0.4, 0.5) is 10.8 Å². The number of carbonyl (C=O) groups is 3. The van der Waals surface area contributed by atoms with Crippen molar-refractivity contribution in [1.29, 1.82) is 0 Å². The molecule has 8 nitrogen and oxygen atoms in total. The van der Waals surface area contributed by atoms with Crippen molar-refractivity contribution in [3.8, 4) is 0 Å². The van der Waals surface area contributed by atoms with E-state index in [9.17, 15) is 14.4 Å². The van der Waals surface area contributed by atoms with Crippen LogP contribution >= 0.6 is 34.5 Å². The molecule has 39 heavy (non-hydrogen) atoms. The molecule has 2 aromatic carbocycles. The van der Waals surface area contributed by atoms with Gasteiger partial charge in [-0.05, 0) is 42.3 Å². The molecule has 1 N–H and O–H groups in total. The predicted octanol–water partition coefficient (Wildman–Crippen LogP) is 5.08. The highest BCUT2D eigenvalue weighted by Gasteiger charge is 2.24. The van der Waals surface area contributed by atoms with Gasteiger partial charge >= 0.3 is 0 Å². The van der Waals surface area contributed by atoms with Gasteiger partial charge in [0.1, 0.15) is 6.54 Å². The monoisotopic (exact) mass is 587 g/mol. The van der Waals surface area contributed by atoms with Crippen molar-refractivity contribution in [1.82, 2.24) is 14.8 Å². The summed E-state index contributed by atoms with van der Waals surface area (Å²) in [5.74, 6) is -0.414. The number of anilines is 2. The average Bonchev–Trinajstić information content (AvgIpc) is 3.34. The van der Waals surface area contributed by atoms with Gasteiger partial charge in [0.15, 0.2) is 5.13 Å². The molecule has 2 heterocycles. The molecule has 3 aromatic rings. The van der Waals surface area contributed by atoms with Gasteiger partial charge in [-0.15, -0.1) is 11.3 Å². The number of piperazine rings is 1. The molecule has 1 fully saturated rings. The van der Waals surface area contributed by atoms with E-state index in [1.165, 1.54) is 16.2 Å². The summed E-state index contributed by atoms with van der Waals surface area (Å²) in [7, 11) is 0. The Hall–Kier alpha value is -3.14. The van der Waals surface area contributed by atoms with Crippen LogP contribution < -0.4 is 10.2 Å². The lowest BCUT2D eigenvalue weighted by Gasteiger charge is -2.36. The number of benzene rings is 2. The standard InChI is InChI=1S/C28H31Cl2N5O3S/c1-19(2)16-35(27(38)20-7-9-21(29)10-8-20)17-25(36)32-28-31-22(18-39-28)15-26(37)34-13-11-33(12-14-34)24-6-4-3-5-23(24)30/h3-10,18-19H,11-17H2,1-2H3,(H,31,32,36). The van der Waals surface area contributed by atoms with Crippen molar-refractivity contribution in [2.45, 2.75) is 20.3 Å². The molecule has 1 aliphatic rings. The third-order valence-electron chi connectivity index (χ3n) is 6.25. The van der Waals surface area contributed by atoms with Crippen LogP contribution in [0.25, 0.3) is 0 Å². The zero-order valence-corrected chi connectivity index (χ0v) is 24.2. The first-order valence-corrected chi connectivity index (χ1v) is 14.4. The molecular formula is C28H31Cl2N5O3S. The summed E-state index contributed by atoms with van der Waals surface area (Å²) in [5, 5.41) is 6.19. The van der Waals surface area contributed by atoms with Gasteiger partial charge in [0.05, 0.1) is 22.8 Å². The second-order valence-corrected chi connectivity index (χ2v) is 11.5. The third-order valence-corrected chi connectivity index (χ3v) is 7.63. The number of para-hydroxylation sites is 1. The molecule has 1 saturated heterocycles. The maximum Gasteiger partial charge on any atom is 0.254 e. The van der Waals surface area contributed by atoms with E-state index >= 15 is 0 Å². The van der Waals surface area contributed by atoms with Crippen LogP contribution in [-0.2, 0) is 16.0 Å². The lowest BCUT2D eigenvalue weighted by Crippen LogP contribution is -2.49. The van der Waals surface area contributed by atoms with Gasteiger partial charge in [-0.2, -0.15) is 0 Å². The van der Waals surface area contributed by atoms with Gasteiger partial charge < -0.3 is 20.0 Å². The van der Waals surface area contributed by atoms with Crippen molar-refractivity contribution in [3.05, 3.63) is 75.2 Å². The molecule has 11 heteroatoms. The molecule has 0 radical (unpaired) electrons. The SMILES string of the molecule is CC(C)CN(CC(=O)Nc1nc(CC(=O)N2CCN(c3ccccc3Cl)CC2)cs1)C(=O)c1ccc(Cl)cc1. The molecule has 4 rings (SSSR count). The maximum atomic E-state index is 13.0. The number of thiazole rings is 1. The first kappa shape index (κ1) is 28.9. The number of amides is 3. The van der Waals surface area contributed by atoms with Gasteiger partial charge in [-0.1, -0.05) is 49.2 Å². The fraction of sp³-hybridized carbons (Fsp3) is 0.357. The molecular weight excluding hydrogens is 557 g/mol. The second-order valence-electron chi connectivity index (χ2n) is 9.77. The molecule has 0 bridgehead atoms. The summed E-state index contributed by atoms with van der Waals surface area (Å²) in [5.41, 5.74) is 2.05. The van der Waals surface area contributed by atoms with Crippen LogP contribution in [0.5, 0.6) is 0 Å². The van der Waals surface area contributed by atoms with E-state index in [4.69, 9.17) is 23.2 Å². The minimum Gasteiger partial charge on any atom is -0.367 e. The van der Waals surface area contributed by atoms with E-state index in [1.54, 1.807) is 29.6 Å². The quantitative estimate of drug-likeness (QED) is 0.377. The Bertz CT molecular complexity index is 1310. The lowest BCUT2D eigenvalue weighted by molar-refractivity contribution is -0.130. The van der Waals surface area contributed by atoms with Crippen molar-refractivity contribution in [2.24, 2.45) is 5.92 Å². The summed E-state index contributed by atoms with van der Waals surface area (Å²) in [4.78, 5) is 48.7. The Balaban J connectivity index is 1.29. The van der Waals surface area contributed by atoms with Gasteiger partial charge in [-0.3, -0.25) is 14.4 Å². The largest absolute Gasteiger partial charge is 0.367 e. The fourth-order valence-corrected chi connectivity index (χ4v) is 5.49. The van der Waals surface area contributed by atoms with Gasteiger partial charge in [0.2, 0.25) is 11.8 Å². The Labute approximate surface area is 242 Å². The predicted molar refractivity (Wildman–Crippen MR) is 157 cm³/mol. The number of hydrogen-bond acceptors (Lipinski definition) is 6. The lowest BCUT2D eigenvalue weighted by atomic mass is 10.1. The van der Waals surface area contributed by atoms with E-state index in [0.717, 1.165) is 5.69 Å². The maximum absolute atomic E-state index is 13.0. The summed E-state index contributed by atoms with van der Waals surface area (Å²) in [6, 6.07) is 14.3. The van der Waals surface area contributed by atoms with Crippen LogP contribution in [-0.4, -0.2) is 71.8 Å². The highest BCUT2D eigenvalue weighted by atomic mass is 35.5. The zero-order chi connectivity index (χ0) is 27.9. The van der Waals surface area contributed by atoms with Gasteiger partial charge in [0.25, 0.3) is 5.91 Å². The van der Waals surface area contributed by atoms with Crippen molar-refractivity contribution < 1.29 is 14.4 Å². The minimum absolute atomic E-state index is 0.00588.